The fraction of sp³-hybridized carbons (Fsp3) is 0.500. The second kappa shape index (κ2) is 10.9. The van der Waals surface area contributed by atoms with Gasteiger partial charge in [-0.1, -0.05) is 13.3 Å². The molecule has 1 N–H and O–H groups in total. The molecule has 0 radical (unpaired) electrons. The number of methoxy groups -OCH3 is 2. The molecule has 8 heteroatoms. The van der Waals surface area contributed by atoms with Crippen LogP contribution in [-0.2, 0) is 18.4 Å². The van der Waals surface area contributed by atoms with Gasteiger partial charge in [-0.2, -0.15) is 0 Å². The van der Waals surface area contributed by atoms with Crippen LogP contribution in [0.3, 0.4) is 0 Å². The molecule has 0 bridgehead atoms. The normalized spacial score (nSPS) is 12.9. The van der Waals surface area contributed by atoms with E-state index in [1.807, 2.05) is 34.8 Å². The van der Waals surface area contributed by atoms with E-state index in [1.54, 1.807) is 37.3 Å². The van der Waals surface area contributed by atoms with E-state index in [1.165, 1.54) is 0 Å². The van der Waals surface area contributed by atoms with Gasteiger partial charge in [0.2, 0.25) is 5.91 Å². The second-order valence-corrected chi connectivity index (χ2v) is 8.17. The third kappa shape index (κ3) is 6.18. The molecule has 1 aliphatic rings. The molecule has 0 atom stereocenters. The molecule has 0 spiro atoms. The number of hydrogen-bond acceptors (Lipinski definition) is 4. The Bertz CT molecular complexity index is 900. The molecule has 3 amide bonds. The van der Waals surface area contributed by atoms with Crippen LogP contribution in [0.1, 0.15) is 38.3 Å². The van der Waals surface area contributed by atoms with Crippen molar-refractivity contribution in [3.63, 3.8) is 0 Å². The minimum absolute atomic E-state index is 0.0248. The van der Waals surface area contributed by atoms with Crippen LogP contribution in [0.2, 0.25) is 0 Å². The summed E-state index contributed by atoms with van der Waals surface area (Å²) >= 11 is 0. The first-order chi connectivity index (χ1) is 15.4. The number of ether oxygens (including phenoxy) is 2. The van der Waals surface area contributed by atoms with Crippen LogP contribution in [0.4, 0.5) is 10.5 Å². The van der Waals surface area contributed by atoms with Crippen LogP contribution in [0.15, 0.2) is 36.5 Å². The highest BCUT2D eigenvalue weighted by Crippen LogP contribution is 2.29. The molecule has 0 unspecified atom stereocenters. The summed E-state index contributed by atoms with van der Waals surface area (Å²) in [7, 11) is 5.10. The Morgan fingerprint density at radius 1 is 1.16 bits per heavy atom. The van der Waals surface area contributed by atoms with E-state index in [9.17, 15) is 9.59 Å². The Morgan fingerprint density at radius 3 is 2.38 bits per heavy atom. The number of hydrogen-bond donors (Lipinski definition) is 1. The number of aryl methyl sites for hydroxylation is 1. The minimum atomic E-state index is -0.309. The standard InChI is InChI=1S/C24H34N4O4/c1-5-6-12-27(24(30)25-18-13-21(31-3)15-22(14-18)32-4)17-23(29)28(19-9-10-19)16-20-8-7-11-26(20)2/h7-8,11,13-15,19H,5-6,9-10,12,16-17H2,1-4H3,(H,25,30). The summed E-state index contributed by atoms with van der Waals surface area (Å²) < 4.78 is 12.6. The molecule has 2 aromatic rings. The highest BCUT2D eigenvalue weighted by molar-refractivity contribution is 5.92. The van der Waals surface area contributed by atoms with Gasteiger partial charge < -0.3 is 29.2 Å². The third-order valence-electron chi connectivity index (χ3n) is 5.69. The lowest BCUT2D eigenvalue weighted by Crippen LogP contribution is -2.45. The summed E-state index contributed by atoms with van der Waals surface area (Å²) in [5, 5.41) is 2.90. The van der Waals surface area contributed by atoms with Gasteiger partial charge in [0.05, 0.1) is 20.8 Å². The van der Waals surface area contributed by atoms with Gasteiger partial charge in [0.25, 0.3) is 0 Å². The highest BCUT2D eigenvalue weighted by Gasteiger charge is 2.34. The van der Waals surface area contributed by atoms with Crippen LogP contribution in [0.25, 0.3) is 0 Å². The number of amides is 3. The number of benzene rings is 1. The number of aromatic nitrogens is 1. The van der Waals surface area contributed by atoms with E-state index in [-0.39, 0.29) is 24.5 Å². The lowest BCUT2D eigenvalue weighted by atomic mass is 10.2. The topological polar surface area (TPSA) is 76.0 Å². The summed E-state index contributed by atoms with van der Waals surface area (Å²) in [6, 6.07) is 9.16. The fourth-order valence-corrected chi connectivity index (χ4v) is 3.58. The first-order valence-electron chi connectivity index (χ1n) is 11.1. The second-order valence-electron chi connectivity index (χ2n) is 8.17. The van der Waals surface area contributed by atoms with E-state index in [2.05, 4.69) is 12.2 Å². The molecule has 8 nitrogen and oxygen atoms in total. The highest BCUT2D eigenvalue weighted by atomic mass is 16.5. The van der Waals surface area contributed by atoms with E-state index < -0.39 is 0 Å². The van der Waals surface area contributed by atoms with Gasteiger partial charge in [0.1, 0.15) is 18.0 Å². The molecular formula is C24H34N4O4. The van der Waals surface area contributed by atoms with Gasteiger partial charge in [-0.15, -0.1) is 0 Å². The number of carbonyl (C=O) groups excluding carboxylic acids is 2. The van der Waals surface area contributed by atoms with E-state index in [0.717, 1.165) is 31.4 Å². The van der Waals surface area contributed by atoms with Crippen molar-refractivity contribution in [2.75, 3.05) is 32.6 Å². The smallest absolute Gasteiger partial charge is 0.322 e. The summed E-state index contributed by atoms with van der Waals surface area (Å²) in [5.41, 5.74) is 1.64. The zero-order valence-corrected chi connectivity index (χ0v) is 19.5. The van der Waals surface area contributed by atoms with Crippen molar-refractivity contribution < 1.29 is 19.1 Å². The Balaban J connectivity index is 1.71. The van der Waals surface area contributed by atoms with Crippen LogP contribution in [0, 0.1) is 0 Å². The largest absolute Gasteiger partial charge is 0.497 e. The van der Waals surface area contributed by atoms with Crippen molar-refractivity contribution in [2.45, 2.75) is 45.2 Å². The van der Waals surface area contributed by atoms with E-state index in [4.69, 9.17) is 9.47 Å². The quantitative estimate of drug-likeness (QED) is 0.573. The number of rotatable bonds is 11. The first-order valence-corrected chi connectivity index (χ1v) is 11.1. The molecule has 0 saturated heterocycles. The number of unbranched alkanes of at least 4 members (excludes halogenated alkanes) is 1. The number of nitrogens with zero attached hydrogens (tertiary/aromatic N) is 3. The van der Waals surface area contributed by atoms with Crippen molar-refractivity contribution in [1.82, 2.24) is 14.4 Å². The maximum atomic E-state index is 13.2. The fourth-order valence-electron chi connectivity index (χ4n) is 3.58. The van der Waals surface area contributed by atoms with Crippen molar-refractivity contribution in [2.24, 2.45) is 7.05 Å². The summed E-state index contributed by atoms with van der Waals surface area (Å²) in [5.74, 6) is 1.14. The van der Waals surface area contributed by atoms with Gasteiger partial charge in [0, 0.05) is 55.4 Å². The van der Waals surface area contributed by atoms with Gasteiger partial charge in [0.15, 0.2) is 0 Å². The van der Waals surface area contributed by atoms with Crippen LogP contribution in [-0.4, -0.2) is 59.7 Å². The van der Waals surface area contributed by atoms with Gasteiger partial charge >= 0.3 is 6.03 Å². The molecule has 1 fully saturated rings. The molecule has 174 valence electrons. The molecule has 1 aliphatic carbocycles. The minimum Gasteiger partial charge on any atom is -0.497 e. The summed E-state index contributed by atoms with van der Waals surface area (Å²) in [6.07, 6.45) is 5.76. The Kier molecular flexibility index (Phi) is 8.03. The summed E-state index contributed by atoms with van der Waals surface area (Å²) in [4.78, 5) is 29.8. The van der Waals surface area contributed by atoms with Crippen molar-refractivity contribution in [3.05, 3.63) is 42.2 Å². The third-order valence-corrected chi connectivity index (χ3v) is 5.69. The maximum Gasteiger partial charge on any atom is 0.322 e. The molecule has 1 heterocycles. The SMILES string of the molecule is CCCCN(CC(=O)N(Cc1cccn1C)C1CC1)C(=O)Nc1cc(OC)cc(OC)c1. The Labute approximate surface area is 190 Å². The van der Waals surface area contributed by atoms with Gasteiger partial charge in [-0.25, -0.2) is 4.79 Å². The maximum absolute atomic E-state index is 13.2. The van der Waals surface area contributed by atoms with E-state index in [0.29, 0.717) is 30.3 Å². The van der Waals surface area contributed by atoms with Crippen molar-refractivity contribution in [3.8, 4) is 11.5 Å². The number of anilines is 1. The molecule has 1 aromatic heterocycles. The van der Waals surface area contributed by atoms with Crippen LogP contribution in [0.5, 0.6) is 11.5 Å². The zero-order valence-electron chi connectivity index (χ0n) is 19.5. The lowest BCUT2D eigenvalue weighted by molar-refractivity contribution is -0.133. The van der Waals surface area contributed by atoms with Crippen LogP contribution >= 0.6 is 0 Å². The van der Waals surface area contributed by atoms with Gasteiger partial charge in [-0.05, 0) is 31.4 Å². The first kappa shape index (κ1) is 23.5. The molecule has 3 rings (SSSR count). The Morgan fingerprint density at radius 2 is 1.84 bits per heavy atom. The molecule has 1 aromatic carbocycles. The predicted molar refractivity (Wildman–Crippen MR) is 124 cm³/mol. The van der Waals surface area contributed by atoms with Crippen molar-refractivity contribution in [1.29, 1.82) is 0 Å². The number of carbonyl (C=O) groups is 2. The zero-order chi connectivity index (χ0) is 23.1. The van der Waals surface area contributed by atoms with Gasteiger partial charge in [-0.3, -0.25) is 4.79 Å². The predicted octanol–water partition coefficient (Wildman–Crippen LogP) is 3.87. The van der Waals surface area contributed by atoms with Crippen LogP contribution < -0.4 is 14.8 Å². The average molecular weight is 443 g/mol. The molecule has 1 saturated carbocycles. The molecule has 32 heavy (non-hydrogen) atoms. The van der Waals surface area contributed by atoms with E-state index >= 15 is 0 Å². The number of urea groups is 1. The summed E-state index contributed by atoms with van der Waals surface area (Å²) in [6.45, 7) is 3.19. The lowest BCUT2D eigenvalue weighted by Gasteiger charge is -2.28. The average Bonchev–Trinajstić information content (AvgIpc) is 3.55. The molecular weight excluding hydrogens is 408 g/mol. The molecule has 0 aliphatic heterocycles. The monoisotopic (exact) mass is 442 g/mol. The van der Waals surface area contributed by atoms with Crippen molar-refractivity contribution >= 4 is 17.6 Å². The Hall–Kier alpha value is -3.16. The number of nitrogens with one attached hydrogen (secondary N) is 1.